The SMILES string of the molecule is CCC(C)[C@H](N)C(=O)Nc1ncccc1Br. The van der Waals surface area contributed by atoms with E-state index in [0.29, 0.717) is 5.82 Å². The fourth-order valence-corrected chi connectivity index (χ4v) is 1.54. The molecule has 5 heteroatoms. The van der Waals surface area contributed by atoms with Crippen molar-refractivity contribution in [3.05, 3.63) is 22.8 Å². The number of nitrogens with zero attached hydrogens (tertiary/aromatic N) is 1. The number of rotatable bonds is 4. The number of carbonyl (C=O) groups is 1. The van der Waals surface area contributed by atoms with Crippen molar-refractivity contribution in [3.8, 4) is 0 Å². The van der Waals surface area contributed by atoms with Gasteiger partial charge in [0, 0.05) is 6.20 Å². The van der Waals surface area contributed by atoms with Crippen LogP contribution in [0.25, 0.3) is 0 Å². The normalized spacial score (nSPS) is 14.2. The van der Waals surface area contributed by atoms with Crippen LogP contribution in [0.15, 0.2) is 22.8 Å². The van der Waals surface area contributed by atoms with Gasteiger partial charge in [0.1, 0.15) is 5.82 Å². The van der Waals surface area contributed by atoms with E-state index in [4.69, 9.17) is 5.73 Å². The molecule has 0 saturated heterocycles. The quantitative estimate of drug-likeness (QED) is 0.891. The van der Waals surface area contributed by atoms with Gasteiger partial charge in [-0.05, 0) is 34.0 Å². The van der Waals surface area contributed by atoms with E-state index >= 15 is 0 Å². The van der Waals surface area contributed by atoms with E-state index in [9.17, 15) is 4.79 Å². The lowest BCUT2D eigenvalue weighted by Gasteiger charge is -2.17. The Morgan fingerprint density at radius 3 is 2.94 bits per heavy atom. The number of halogens is 1. The summed E-state index contributed by atoms with van der Waals surface area (Å²) in [4.78, 5) is 15.8. The monoisotopic (exact) mass is 285 g/mol. The van der Waals surface area contributed by atoms with E-state index in [1.807, 2.05) is 19.9 Å². The molecular weight excluding hydrogens is 270 g/mol. The second-order valence-corrected chi connectivity index (χ2v) is 4.59. The number of hydrogen-bond donors (Lipinski definition) is 2. The molecule has 1 aromatic rings. The van der Waals surface area contributed by atoms with Gasteiger partial charge in [-0.15, -0.1) is 0 Å². The molecule has 16 heavy (non-hydrogen) atoms. The molecule has 0 spiro atoms. The highest BCUT2D eigenvalue weighted by Gasteiger charge is 2.20. The van der Waals surface area contributed by atoms with Crippen molar-refractivity contribution < 1.29 is 4.79 Å². The van der Waals surface area contributed by atoms with E-state index in [1.165, 1.54) is 0 Å². The third kappa shape index (κ3) is 3.28. The highest BCUT2D eigenvalue weighted by atomic mass is 79.9. The first-order valence-corrected chi connectivity index (χ1v) is 6.02. The molecule has 2 atom stereocenters. The lowest BCUT2D eigenvalue weighted by Crippen LogP contribution is -2.40. The van der Waals surface area contributed by atoms with Gasteiger partial charge in [0.25, 0.3) is 0 Å². The van der Waals surface area contributed by atoms with E-state index in [1.54, 1.807) is 12.3 Å². The summed E-state index contributed by atoms with van der Waals surface area (Å²) in [6.45, 7) is 3.96. The molecule has 0 aliphatic rings. The number of nitrogens with two attached hydrogens (primary N) is 1. The van der Waals surface area contributed by atoms with Crippen LogP contribution < -0.4 is 11.1 Å². The Kier molecular flexibility index (Phi) is 4.89. The summed E-state index contributed by atoms with van der Waals surface area (Å²) >= 11 is 3.31. The summed E-state index contributed by atoms with van der Waals surface area (Å²) in [6, 6.07) is 3.10. The average Bonchev–Trinajstić information content (AvgIpc) is 2.30. The second-order valence-electron chi connectivity index (χ2n) is 3.73. The molecule has 1 unspecified atom stereocenters. The van der Waals surface area contributed by atoms with Crippen LogP contribution in [-0.4, -0.2) is 16.9 Å². The first-order chi connectivity index (χ1) is 7.56. The first kappa shape index (κ1) is 13.1. The van der Waals surface area contributed by atoms with Crippen LogP contribution in [0.5, 0.6) is 0 Å². The molecule has 1 aromatic heterocycles. The van der Waals surface area contributed by atoms with Crippen LogP contribution in [0, 0.1) is 5.92 Å². The van der Waals surface area contributed by atoms with Crippen LogP contribution in [-0.2, 0) is 4.79 Å². The topological polar surface area (TPSA) is 68.0 Å². The molecule has 3 N–H and O–H groups in total. The van der Waals surface area contributed by atoms with Crippen LogP contribution in [0.3, 0.4) is 0 Å². The fourth-order valence-electron chi connectivity index (χ4n) is 1.19. The number of nitrogens with one attached hydrogen (secondary N) is 1. The second kappa shape index (κ2) is 5.96. The fraction of sp³-hybridized carbons (Fsp3) is 0.455. The van der Waals surface area contributed by atoms with Crippen molar-refractivity contribution in [2.45, 2.75) is 26.3 Å². The summed E-state index contributed by atoms with van der Waals surface area (Å²) in [5.41, 5.74) is 5.81. The summed E-state index contributed by atoms with van der Waals surface area (Å²) in [5, 5.41) is 2.70. The smallest absolute Gasteiger partial charge is 0.242 e. The molecule has 0 bridgehead atoms. The minimum Gasteiger partial charge on any atom is -0.320 e. The lowest BCUT2D eigenvalue weighted by molar-refractivity contribution is -0.118. The Morgan fingerprint density at radius 2 is 2.38 bits per heavy atom. The summed E-state index contributed by atoms with van der Waals surface area (Å²) in [7, 11) is 0. The van der Waals surface area contributed by atoms with Crippen molar-refractivity contribution >= 4 is 27.7 Å². The number of hydrogen-bond acceptors (Lipinski definition) is 3. The van der Waals surface area contributed by atoms with Gasteiger partial charge in [0.15, 0.2) is 0 Å². The Balaban J connectivity index is 2.68. The molecule has 0 aliphatic carbocycles. The number of carbonyl (C=O) groups excluding carboxylic acids is 1. The van der Waals surface area contributed by atoms with Gasteiger partial charge in [-0.1, -0.05) is 20.3 Å². The number of aromatic nitrogens is 1. The molecule has 0 aliphatic heterocycles. The molecule has 1 heterocycles. The molecule has 0 aromatic carbocycles. The van der Waals surface area contributed by atoms with Crippen molar-refractivity contribution in [1.82, 2.24) is 4.98 Å². The molecule has 88 valence electrons. The van der Waals surface area contributed by atoms with Gasteiger partial charge in [0.05, 0.1) is 10.5 Å². The molecule has 0 fully saturated rings. The van der Waals surface area contributed by atoms with Crippen LogP contribution in [0.4, 0.5) is 5.82 Å². The minimum atomic E-state index is -0.501. The molecule has 1 rings (SSSR count). The third-order valence-electron chi connectivity index (χ3n) is 2.56. The lowest BCUT2D eigenvalue weighted by atomic mass is 9.99. The zero-order valence-electron chi connectivity index (χ0n) is 9.40. The number of amides is 1. The zero-order valence-corrected chi connectivity index (χ0v) is 11.0. The zero-order chi connectivity index (χ0) is 12.1. The number of anilines is 1. The van der Waals surface area contributed by atoms with Gasteiger partial charge in [-0.2, -0.15) is 0 Å². The Bertz CT molecular complexity index is 370. The number of pyridine rings is 1. The summed E-state index contributed by atoms with van der Waals surface area (Å²) < 4.78 is 0.750. The van der Waals surface area contributed by atoms with E-state index in [2.05, 4.69) is 26.2 Å². The van der Waals surface area contributed by atoms with Gasteiger partial charge in [-0.3, -0.25) is 4.79 Å². The third-order valence-corrected chi connectivity index (χ3v) is 3.20. The van der Waals surface area contributed by atoms with Crippen LogP contribution >= 0.6 is 15.9 Å². The highest BCUT2D eigenvalue weighted by molar-refractivity contribution is 9.10. The molecular formula is C11H16BrN3O. The van der Waals surface area contributed by atoms with Crippen LogP contribution in [0.2, 0.25) is 0 Å². The van der Waals surface area contributed by atoms with Crippen molar-refractivity contribution in [3.63, 3.8) is 0 Å². The average molecular weight is 286 g/mol. The van der Waals surface area contributed by atoms with Gasteiger partial charge >= 0.3 is 0 Å². The standard InChI is InChI=1S/C11H16BrN3O/c1-3-7(2)9(13)11(16)15-10-8(12)5-4-6-14-10/h4-7,9H,3,13H2,1-2H3,(H,14,15,16)/t7?,9-/m0/s1. The predicted molar refractivity (Wildman–Crippen MR) is 68.0 cm³/mol. The van der Waals surface area contributed by atoms with Gasteiger partial charge in [0.2, 0.25) is 5.91 Å². The maximum atomic E-state index is 11.8. The van der Waals surface area contributed by atoms with Gasteiger partial charge in [-0.25, -0.2) is 4.98 Å². The molecule has 0 radical (unpaired) electrons. The van der Waals surface area contributed by atoms with E-state index < -0.39 is 6.04 Å². The largest absolute Gasteiger partial charge is 0.320 e. The van der Waals surface area contributed by atoms with E-state index in [0.717, 1.165) is 10.9 Å². The summed E-state index contributed by atoms with van der Waals surface area (Å²) in [5.74, 6) is 0.461. The highest BCUT2D eigenvalue weighted by Crippen LogP contribution is 2.19. The summed E-state index contributed by atoms with van der Waals surface area (Å²) in [6.07, 6.45) is 2.49. The van der Waals surface area contributed by atoms with Gasteiger partial charge < -0.3 is 11.1 Å². The minimum absolute atomic E-state index is 0.155. The van der Waals surface area contributed by atoms with E-state index in [-0.39, 0.29) is 11.8 Å². The maximum Gasteiger partial charge on any atom is 0.242 e. The Hall–Kier alpha value is -0.940. The first-order valence-electron chi connectivity index (χ1n) is 5.23. The molecule has 1 amide bonds. The van der Waals surface area contributed by atoms with Crippen molar-refractivity contribution in [1.29, 1.82) is 0 Å². The maximum absolute atomic E-state index is 11.8. The molecule has 4 nitrogen and oxygen atoms in total. The van der Waals surface area contributed by atoms with Crippen LogP contribution in [0.1, 0.15) is 20.3 Å². The van der Waals surface area contributed by atoms with Crippen molar-refractivity contribution in [2.24, 2.45) is 11.7 Å². The molecule has 0 saturated carbocycles. The predicted octanol–water partition coefficient (Wildman–Crippen LogP) is 2.16. The Labute approximate surface area is 104 Å². The van der Waals surface area contributed by atoms with Crippen molar-refractivity contribution in [2.75, 3.05) is 5.32 Å². The Morgan fingerprint density at radius 1 is 1.69 bits per heavy atom.